The number of likely N-dealkylation sites (N-methyl/N-ethyl adjacent to an activating group) is 1. The summed E-state index contributed by atoms with van der Waals surface area (Å²) in [7, 11) is 0. The first kappa shape index (κ1) is 26.2. The molecule has 0 saturated carbocycles. The van der Waals surface area contributed by atoms with Crippen LogP contribution in [0.3, 0.4) is 0 Å². The molecule has 0 spiro atoms. The molecule has 184 valence electrons. The normalized spacial score (nSPS) is 12.1. The summed E-state index contributed by atoms with van der Waals surface area (Å²) >= 11 is 0. The van der Waals surface area contributed by atoms with Crippen LogP contribution in [-0.4, -0.2) is 29.3 Å². The van der Waals surface area contributed by atoms with E-state index in [1.54, 1.807) is 4.90 Å². The van der Waals surface area contributed by atoms with Crippen molar-refractivity contribution in [2.24, 2.45) is 0 Å². The topological polar surface area (TPSA) is 49.4 Å². The first-order valence-electron chi connectivity index (χ1n) is 12.5. The maximum Gasteiger partial charge on any atom is 0.243 e. The van der Waals surface area contributed by atoms with Crippen LogP contribution < -0.4 is 5.32 Å². The molecule has 0 aliphatic carbocycles. The zero-order valence-electron chi connectivity index (χ0n) is 21.5. The number of carbonyl (C=O) groups excluding carboxylic acids is 2. The Balaban J connectivity index is 1.83. The van der Waals surface area contributed by atoms with Crippen molar-refractivity contribution in [1.82, 2.24) is 10.2 Å². The maximum atomic E-state index is 13.6. The molecular formula is C31H38N2O2. The fourth-order valence-electron chi connectivity index (χ4n) is 4.19. The number of nitrogens with one attached hydrogen (secondary N) is 1. The van der Waals surface area contributed by atoms with E-state index in [1.165, 1.54) is 5.56 Å². The van der Waals surface area contributed by atoms with Crippen LogP contribution in [-0.2, 0) is 34.4 Å². The van der Waals surface area contributed by atoms with E-state index in [1.807, 2.05) is 67.6 Å². The van der Waals surface area contributed by atoms with Gasteiger partial charge in [-0.3, -0.25) is 9.59 Å². The molecule has 35 heavy (non-hydrogen) atoms. The van der Waals surface area contributed by atoms with Gasteiger partial charge in [0.1, 0.15) is 6.04 Å². The molecule has 0 aromatic heterocycles. The van der Waals surface area contributed by atoms with Crippen LogP contribution in [0.25, 0.3) is 0 Å². The molecule has 1 atom stereocenters. The van der Waals surface area contributed by atoms with Gasteiger partial charge in [0.2, 0.25) is 11.8 Å². The van der Waals surface area contributed by atoms with Gasteiger partial charge in [0, 0.05) is 25.9 Å². The van der Waals surface area contributed by atoms with Gasteiger partial charge in [-0.05, 0) is 41.0 Å². The molecule has 0 fully saturated rings. The van der Waals surface area contributed by atoms with Gasteiger partial charge in [0.05, 0.1) is 0 Å². The summed E-state index contributed by atoms with van der Waals surface area (Å²) in [5.41, 5.74) is 4.55. The lowest BCUT2D eigenvalue weighted by Gasteiger charge is -2.31. The highest BCUT2D eigenvalue weighted by Gasteiger charge is 2.29. The van der Waals surface area contributed by atoms with Crippen molar-refractivity contribution in [3.8, 4) is 0 Å². The van der Waals surface area contributed by atoms with Gasteiger partial charge in [-0.25, -0.2) is 0 Å². The molecule has 4 heteroatoms. The fourth-order valence-corrected chi connectivity index (χ4v) is 4.19. The van der Waals surface area contributed by atoms with Gasteiger partial charge in [-0.2, -0.15) is 0 Å². The molecule has 0 bridgehead atoms. The van der Waals surface area contributed by atoms with Gasteiger partial charge in [0.25, 0.3) is 0 Å². The van der Waals surface area contributed by atoms with E-state index < -0.39 is 6.04 Å². The van der Waals surface area contributed by atoms with Crippen LogP contribution in [0.15, 0.2) is 84.9 Å². The third-order valence-corrected chi connectivity index (χ3v) is 6.27. The number of benzene rings is 3. The van der Waals surface area contributed by atoms with E-state index in [9.17, 15) is 9.59 Å². The monoisotopic (exact) mass is 470 g/mol. The van der Waals surface area contributed by atoms with Crippen molar-refractivity contribution in [2.75, 3.05) is 6.54 Å². The van der Waals surface area contributed by atoms with Gasteiger partial charge < -0.3 is 10.2 Å². The number of carbonyl (C=O) groups is 2. The van der Waals surface area contributed by atoms with Gasteiger partial charge in [-0.1, -0.05) is 106 Å². The highest BCUT2D eigenvalue weighted by Crippen LogP contribution is 2.23. The molecule has 0 saturated heterocycles. The predicted octanol–water partition coefficient (Wildman–Crippen LogP) is 5.69. The van der Waals surface area contributed by atoms with Crippen molar-refractivity contribution in [3.05, 3.63) is 107 Å². The summed E-state index contributed by atoms with van der Waals surface area (Å²) in [5.74, 6) is -0.129. The molecule has 3 aromatic carbocycles. The Kier molecular flexibility index (Phi) is 9.25. The van der Waals surface area contributed by atoms with Gasteiger partial charge in [-0.15, -0.1) is 0 Å². The van der Waals surface area contributed by atoms with Gasteiger partial charge in [0.15, 0.2) is 0 Å². The molecule has 1 N–H and O–H groups in total. The molecule has 0 radical (unpaired) electrons. The number of nitrogens with zero attached hydrogens (tertiary/aromatic N) is 1. The summed E-state index contributed by atoms with van der Waals surface area (Å²) in [6.07, 6.45) is 1.47. The van der Waals surface area contributed by atoms with E-state index in [-0.39, 0.29) is 17.2 Å². The average molecular weight is 471 g/mol. The summed E-state index contributed by atoms with van der Waals surface area (Å²) < 4.78 is 0. The number of amides is 2. The summed E-state index contributed by atoms with van der Waals surface area (Å²) in [6, 6.07) is 27.8. The predicted molar refractivity (Wildman–Crippen MR) is 143 cm³/mol. The van der Waals surface area contributed by atoms with E-state index in [0.717, 1.165) is 16.7 Å². The first-order chi connectivity index (χ1) is 16.8. The van der Waals surface area contributed by atoms with Crippen molar-refractivity contribution in [1.29, 1.82) is 0 Å². The highest BCUT2D eigenvalue weighted by molar-refractivity contribution is 5.88. The van der Waals surface area contributed by atoms with E-state index >= 15 is 0 Å². The molecule has 1 unspecified atom stereocenters. The van der Waals surface area contributed by atoms with Crippen LogP contribution in [0.4, 0.5) is 0 Å². The van der Waals surface area contributed by atoms with E-state index in [2.05, 4.69) is 50.4 Å². The van der Waals surface area contributed by atoms with Crippen LogP contribution in [0.1, 0.15) is 56.4 Å². The fraction of sp³-hybridized carbons (Fsp3) is 0.355. The smallest absolute Gasteiger partial charge is 0.243 e. The number of hydrogen-bond acceptors (Lipinski definition) is 2. The van der Waals surface area contributed by atoms with Crippen molar-refractivity contribution >= 4 is 11.8 Å². The molecule has 0 heterocycles. The molecular weight excluding hydrogens is 432 g/mol. The van der Waals surface area contributed by atoms with Crippen molar-refractivity contribution in [2.45, 2.75) is 65.0 Å². The lowest BCUT2D eigenvalue weighted by molar-refractivity contribution is -0.141. The first-order valence-corrected chi connectivity index (χ1v) is 12.5. The molecule has 4 nitrogen and oxygen atoms in total. The Bertz CT molecular complexity index is 1070. The Labute approximate surface area is 210 Å². The van der Waals surface area contributed by atoms with Crippen LogP contribution in [0.5, 0.6) is 0 Å². The zero-order chi connectivity index (χ0) is 25.3. The number of hydrogen-bond donors (Lipinski definition) is 1. The SMILES string of the molecule is CCNC(=O)C(Cc1ccccc1)N(Cc1ccccc1)C(=O)CCc1ccc(C(C)(C)C)cc1. The summed E-state index contributed by atoms with van der Waals surface area (Å²) in [5, 5.41) is 2.95. The quantitative estimate of drug-likeness (QED) is 0.414. The van der Waals surface area contributed by atoms with Crippen LogP contribution in [0, 0.1) is 0 Å². The third kappa shape index (κ3) is 7.81. The molecule has 0 aliphatic rings. The minimum Gasteiger partial charge on any atom is -0.355 e. The second kappa shape index (κ2) is 12.3. The minimum atomic E-state index is -0.576. The van der Waals surface area contributed by atoms with Crippen LogP contribution >= 0.6 is 0 Å². The van der Waals surface area contributed by atoms with E-state index in [0.29, 0.717) is 32.4 Å². The highest BCUT2D eigenvalue weighted by atomic mass is 16.2. The molecule has 0 aliphatic heterocycles. The molecule has 2 amide bonds. The van der Waals surface area contributed by atoms with Crippen LogP contribution in [0.2, 0.25) is 0 Å². The number of rotatable bonds is 10. The second-order valence-corrected chi connectivity index (χ2v) is 10.1. The Morgan fingerprint density at radius 2 is 1.37 bits per heavy atom. The average Bonchev–Trinajstić information content (AvgIpc) is 2.86. The van der Waals surface area contributed by atoms with Crippen molar-refractivity contribution in [3.63, 3.8) is 0 Å². The Hall–Kier alpha value is -3.40. The summed E-state index contributed by atoms with van der Waals surface area (Å²) in [6.45, 7) is 9.42. The second-order valence-electron chi connectivity index (χ2n) is 10.1. The largest absolute Gasteiger partial charge is 0.355 e. The van der Waals surface area contributed by atoms with Crippen molar-refractivity contribution < 1.29 is 9.59 Å². The molecule has 3 aromatic rings. The standard InChI is InChI=1S/C31H38N2O2/c1-5-32-30(35)28(22-25-12-8-6-9-13-25)33(23-26-14-10-7-11-15-26)29(34)21-18-24-16-19-27(20-17-24)31(2,3)4/h6-17,19-20,28H,5,18,21-23H2,1-4H3,(H,32,35). The van der Waals surface area contributed by atoms with Gasteiger partial charge >= 0.3 is 0 Å². The Morgan fingerprint density at radius 1 is 0.800 bits per heavy atom. The maximum absolute atomic E-state index is 13.6. The lowest BCUT2D eigenvalue weighted by Crippen LogP contribution is -2.50. The third-order valence-electron chi connectivity index (χ3n) is 6.27. The molecule has 3 rings (SSSR count). The number of aryl methyl sites for hydroxylation is 1. The minimum absolute atomic E-state index is 0.0130. The summed E-state index contributed by atoms with van der Waals surface area (Å²) in [4.78, 5) is 28.6. The zero-order valence-corrected chi connectivity index (χ0v) is 21.5. The lowest BCUT2D eigenvalue weighted by atomic mass is 9.86. The van der Waals surface area contributed by atoms with E-state index in [4.69, 9.17) is 0 Å². The Morgan fingerprint density at radius 3 is 1.91 bits per heavy atom.